The number of nitrogens with zero attached hydrogens (tertiary/aromatic N) is 3. The van der Waals surface area contributed by atoms with Crippen molar-refractivity contribution >= 4 is 69.2 Å². The Morgan fingerprint density at radius 2 is 0.899 bits per heavy atom. The number of ketones is 1. The van der Waals surface area contributed by atoms with Crippen molar-refractivity contribution in [1.29, 1.82) is 0 Å². The monoisotopic (exact) mass is 1150 g/mol. The van der Waals surface area contributed by atoms with Gasteiger partial charge in [0.05, 0.1) is 45.4 Å². The lowest BCUT2D eigenvalue weighted by Gasteiger charge is -2.16. The number of Topliss-reactive ketones (excluding diaryl/α,β-unsaturated/α-hetero) is 1. The number of nitrogens with one attached hydrogen (secondary N) is 7. The first-order valence-electron chi connectivity index (χ1n) is 26.9. The molecule has 0 aromatic carbocycles. The Kier molecular flexibility index (Phi) is 40.0. The molecule has 0 radical (unpaired) electrons. The Hall–Kier alpha value is -6.24. The summed E-state index contributed by atoms with van der Waals surface area (Å²) in [5, 5.41) is 54.0. The van der Waals surface area contributed by atoms with E-state index in [-0.39, 0.29) is 116 Å². The van der Waals surface area contributed by atoms with Crippen LogP contribution in [0.5, 0.6) is 0 Å². The number of hydrogen-bond acceptors (Lipinski definition) is 19. The molecule has 79 heavy (non-hydrogen) atoms. The van der Waals surface area contributed by atoms with Crippen LogP contribution in [0.2, 0.25) is 0 Å². The predicted octanol–water partition coefficient (Wildman–Crippen LogP) is 0.366. The minimum atomic E-state index is -3.99. The number of aliphatic carboxylic acids is 3. The fraction of sp³-hybridized carbons (Fsp3) is 0.776. The predicted molar refractivity (Wildman–Crippen MR) is 280 cm³/mol. The maximum absolute atomic E-state index is 12.4. The van der Waals surface area contributed by atoms with Gasteiger partial charge in [0, 0.05) is 51.6 Å². The van der Waals surface area contributed by atoms with E-state index in [2.05, 4.69) is 47.2 Å². The fourth-order valence-electron chi connectivity index (χ4n) is 7.37. The molecule has 0 aliphatic carbocycles. The van der Waals surface area contributed by atoms with Gasteiger partial charge >= 0.3 is 17.9 Å². The number of carboxylic acid groups (broad SMARTS) is 3. The molecule has 0 bridgehead atoms. The lowest BCUT2D eigenvalue weighted by Crippen LogP contribution is -2.45. The Morgan fingerprint density at radius 1 is 0.481 bits per heavy atom. The lowest BCUT2D eigenvalue weighted by molar-refractivity contribution is -0.144. The average molecular weight is 1150 g/mol. The summed E-state index contributed by atoms with van der Waals surface area (Å²) in [6.45, 7) is 0.999. The molecule has 3 atom stereocenters. The number of tetrazole rings is 1. The molecule has 1 rings (SSSR count). The molecule has 3 unspecified atom stereocenters. The third kappa shape index (κ3) is 41.5. The molecule has 10 N–H and O–H groups in total. The van der Waals surface area contributed by atoms with Crippen molar-refractivity contribution < 1.29 is 90.6 Å². The second kappa shape index (κ2) is 44.6. The number of aryl methyl sites for hydroxylation is 1. The van der Waals surface area contributed by atoms with Gasteiger partial charge in [-0.15, -0.1) is 10.2 Å². The van der Waals surface area contributed by atoms with Gasteiger partial charge in [-0.3, -0.25) is 33.5 Å². The number of ether oxygens (including phenoxy) is 4. The Balaban J connectivity index is 2.04. The van der Waals surface area contributed by atoms with Crippen molar-refractivity contribution in [2.75, 3.05) is 71.7 Å². The number of carboxylic acids is 3. The standard InChI is InChI=1S/C49H84N10O19S/c1-36(60)19-20-37(47(67)68)53-43(63)24-22-39(49(71)72)54-46(66)35-78-32-30-76-28-26-51-45(65)34-77-31-29-75-27-25-50-41(61)23-21-38(48(69)70)52-42(62)18-15-33-79(73,74)57-44(64)17-14-12-10-8-6-4-2-3-5-7-9-11-13-16-40-55-58-59-56-40/h37-39H,2-35H2,1H3,(H,50,61)(H,51,65)(H,52,62)(H,53,63)(H,54,66)(H,57,64)(H,67,68)(H,69,70)(H,71,72)(H,55,56,58,59). The normalized spacial score (nSPS) is 12.4. The zero-order valence-corrected chi connectivity index (χ0v) is 46.2. The first kappa shape index (κ1) is 70.8. The summed E-state index contributed by atoms with van der Waals surface area (Å²) in [4.78, 5) is 119. The Labute approximate surface area is 460 Å². The van der Waals surface area contributed by atoms with Crippen molar-refractivity contribution in [3.05, 3.63) is 5.82 Å². The fourth-order valence-corrected chi connectivity index (χ4v) is 8.45. The largest absolute Gasteiger partial charge is 0.480 e. The van der Waals surface area contributed by atoms with Crippen LogP contribution in [0.1, 0.15) is 154 Å². The van der Waals surface area contributed by atoms with E-state index >= 15 is 0 Å². The van der Waals surface area contributed by atoms with Crippen LogP contribution >= 0.6 is 0 Å². The molecular formula is C49H84N10O19S. The molecule has 30 heteroatoms. The van der Waals surface area contributed by atoms with Crippen LogP contribution < -0.4 is 31.3 Å². The topological polar surface area (TPSA) is 429 Å². The highest BCUT2D eigenvalue weighted by molar-refractivity contribution is 7.90. The number of amides is 6. The van der Waals surface area contributed by atoms with Gasteiger partial charge in [-0.05, 0) is 45.4 Å². The van der Waals surface area contributed by atoms with E-state index in [0.29, 0.717) is 6.42 Å². The van der Waals surface area contributed by atoms with Crippen molar-refractivity contribution in [3.8, 4) is 0 Å². The quantitative estimate of drug-likeness (QED) is 0.0394. The van der Waals surface area contributed by atoms with E-state index in [9.17, 15) is 71.7 Å². The number of rotatable bonds is 52. The van der Waals surface area contributed by atoms with Crippen molar-refractivity contribution in [2.24, 2.45) is 0 Å². The maximum Gasteiger partial charge on any atom is 0.326 e. The number of carbonyl (C=O) groups excluding carboxylic acids is 7. The summed E-state index contributed by atoms with van der Waals surface area (Å²) in [5.41, 5.74) is 0. The number of H-pyrrole nitrogens is 1. The number of unbranched alkanes of at least 4 members (excludes halogenated alkanes) is 12. The molecule has 0 saturated heterocycles. The van der Waals surface area contributed by atoms with Gasteiger partial charge in [0.15, 0.2) is 5.82 Å². The second-order valence-corrected chi connectivity index (χ2v) is 20.4. The molecule has 0 spiro atoms. The van der Waals surface area contributed by atoms with E-state index in [1.54, 1.807) is 0 Å². The smallest absolute Gasteiger partial charge is 0.326 e. The zero-order chi connectivity index (χ0) is 58.5. The molecule has 0 saturated carbocycles. The molecular weight excluding hydrogens is 1060 g/mol. The molecule has 450 valence electrons. The SMILES string of the molecule is CC(=O)CCC(NC(=O)CCC(NC(=O)COCCOCCNC(=O)COCCOCCNC(=O)CCC(NC(=O)CCCS(=O)(=O)NC(=O)CCCCCCCCCCCCCCCc1nn[nH]n1)C(=O)O)C(=O)O)C(=O)O. The summed E-state index contributed by atoms with van der Waals surface area (Å²) >= 11 is 0. The first-order chi connectivity index (χ1) is 37.8. The van der Waals surface area contributed by atoms with Crippen LogP contribution in [0.3, 0.4) is 0 Å². The maximum atomic E-state index is 12.4. The highest BCUT2D eigenvalue weighted by Gasteiger charge is 2.25. The molecule has 29 nitrogen and oxygen atoms in total. The summed E-state index contributed by atoms with van der Waals surface area (Å²) in [6.07, 6.45) is 13.1. The minimum Gasteiger partial charge on any atom is -0.480 e. The van der Waals surface area contributed by atoms with Crippen LogP contribution in [0.25, 0.3) is 0 Å². The van der Waals surface area contributed by atoms with Crippen LogP contribution in [0.15, 0.2) is 0 Å². The first-order valence-corrected chi connectivity index (χ1v) is 28.6. The summed E-state index contributed by atoms with van der Waals surface area (Å²) in [6, 6.07) is -4.17. The van der Waals surface area contributed by atoms with Crippen LogP contribution in [0.4, 0.5) is 0 Å². The van der Waals surface area contributed by atoms with E-state index in [4.69, 9.17) is 18.9 Å². The summed E-state index contributed by atoms with van der Waals surface area (Å²) < 4.78 is 47.9. The Morgan fingerprint density at radius 3 is 1.39 bits per heavy atom. The van der Waals surface area contributed by atoms with Crippen LogP contribution in [-0.2, 0) is 83.3 Å². The highest BCUT2D eigenvalue weighted by Crippen LogP contribution is 2.14. The molecule has 0 fully saturated rings. The highest BCUT2D eigenvalue weighted by atomic mass is 32.2. The van der Waals surface area contributed by atoms with Gasteiger partial charge < -0.3 is 65.6 Å². The van der Waals surface area contributed by atoms with Gasteiger partial charge in [-0.2, -0.15) is 5.21 Å². The third-order valence-electron chi connectivity index (χ3n) is 11.6. The van der Waals surface area contributed by atoms with Gasteiger partial charge in [0.1, 0.15) is 37.1 Å². The number of carbonyl (C=O) groups is 10. The molecule has 1 aromatic rings. The van der Waals surface area contributed by atoms with Crippen molar-refractivity contribution in [2.45, 2.75) is 173 Å². The number of aromatic nitrogens is 4. The van der Waals surface area contributed by atoms with Crippen molar-refractivity contribution in [3.63, 3.8) is 0 Å². The molecule has 0 aliphatic rings. The molecule has 1 aromatic heterocycles. The van der Waals surface area contributed by atoms with E-state index in [1.165, 1.54) is 45.4 Å². The van der Waals surface area contributed by atoms with Crippen LogP contribution in [0, 0.1) is 0 Å². The molecule has 6 amide bonds. The number of aromatic amines is 1. The average Bonchev–Trinajstić information content (AvgIpc) is 3.91. The van der Waals surface area contributed by atoms with Gasteiger partial charge in [-0.25, -0.2) is 22.8 Å². The van der Waals surface area contributed by atoms with E-state index < -0.39 is 100 Å². The lowest BCUT2D eigenvalue weighted by atomic mass is 10.0. The third-order valence-corrected chi connectivity index (χ3v) is 13.0. The number of sulfonamides is 1. The zero-order valence-electron chi connectivity index (χ0n) is 45.4. The van der Waals surface area contributed by atoms with Gasteiger partial charge in [-0.1, -0.05) is 75.8 Å². The Bertz CT molecular complexity index is 2080. The van der Waals surface area contributed by atoms with Gasteiger partial charge in [0.25, 0.3) is 0 Å². The van der Waals surface area contributed by atoms with Crippen molar-refractivity contribution in [1.82, 2.24) is 51.9 Å². The molecule has 0 aliphatic heterocycles. The van der Waals surface area contributed by atoms with Crippen LogP contribution in [-0.4, -0.2) is 193 Å². The second-order valence-electron chi connectivity index (χ2n) is 18.6. The summed E-state index contributed by atoms with van der Waals surface area (Å²) in [7, 11) is -3.99. The minimum absolute atomic E-state index is 0.0359. The summed E-state index contributed by atoms with van der Waals surface area (Å²) in [5.74, 6) is -7.96. The molecule has 1 heterocycles. The number of hydrogen-bond donors (Lipinski definition) is 10. The van der Waals surface area contributed by atoms with Gasteiger partial charge in [0.2, 0.25) is 45.5 Å². The van der Waals surface area contributed by atoms with E-state index in [0.717, 1.165) is 50.8 Å². The van der Waals surface area contributed by atoms with E-state index in [1.807, 2.05) is 4.72 Å².